The van der Waals surface area contributed by atoms with Crippen LogP contribution in [0.4, 0.5) is 0 Å². The fourth-order valence-corrected chi connectivity index (χ4v) is 3.37. The average molecular weight is 380 g/mol. The van der Waals surface area contributed by atoms with Crippen LogP contribution in [0.2, 0.25) is 0 Å². The Bertz CT molecular complexity index is 947. The average Bonchev–Trinajstić information content (AvgIpc) is 3.28. The van der Waals surface area contributed by atoms with Gasteiger partial charge in [0.25, 0.3) is 0 Å². The van der Waals surface area contributed by atoms with Crippen molar-refractivity contribution in [1.82, 2.24) is 10.5 Å². The van der Waals surface area contributed by atoms with E-state index >= 15 is 0 Å². The molecule has 0 saturated carbocycles. The van der Waals surface area contributed by atoms with Crippen molar-refractivity contribution in [1.29, 1.82) is 0 Å². The number of aromatic nitrogens is 1. The number of rotatable bonds is 7. The second-order valence-electron chi connectivity index (χ2n) is 6.86. The second kappa shape index (κ2) is 7.94. The summed E-state index contributed by atoms with van der Waals surface area (Å²) in [7, 11) is 1.65. The predicted octanol–water partition coefficient (Wildman–Crippen LogP) is 4.10. The number of hydrogen-bond acceptors (Lipinski definition) is 6. The van der Waals surface area contributed by atoms with Crippen molar-refractivity contribution in [3.63, 3.8) is 0 Å². The molecular weight excluding hydrogens is 356 g/mol. The van der Waals surface area contributed by atoms with Crippen LogP contribution in [0.5, 0.6) is 17.2 Å². The summed E-state index contributed by atoms with van der Waals surface area (Å²) in [6.07, 6.45) is 0. The number of nitrogens with one attached hydrogen (secondary N) is 1. The maximum atomic E-state index is 5.95. The van der Waals surface area contributed by atoms with Crippen molar-refractivity contribution in [3.8, 4) is 17.2 Å². The van der Waals surface area contributed by atoms with Crippen molar-refractivity contribution < 1.29 is 18.7 Å². The number of methoxy groups -OCH3 is 1. The van der Waals surface area contributed by atoms with E-state index in [1.165, 1.54) is 5.56 Å². The molecule has 0 bridgehead atoms. The molecule has 1 aliphatic rings. The third-order valence-corrected chi connectivity index (χ3v) is 5.03. The molecule has 0 saturated heterocycles. The molecular formula is C22H24N2O4. The van der Waals surface area contributed by atoms with Crippen molar-refractivity contribution in [3.05, 3.63) is 70.6 Å². The van der Waals surface area contributed by atoms with Crippen LogP contribution in [0.25, 0.3) is 0 Å². The van der Waals surface area contributed by atoms with Crippen molar-refractivity contribution >= 4 is 0 Å². The van der Waals surface area contributed by atoms with Crippen LogP contribution in [0.15, 0.2) is 47.0 Å². The molecule has 0 aliphatic carbocycles. The number of ether oxygens (including phenoxy) is 3. The highest BCUT2D eigenvalue weighted by Gasteiger charge is 2.23. The highest BCUT2D eigenvalue weighted by Crippen LogP contribution is 2.33. The first-order valence-corrected chi connectivity index (χ1v) is 9.32. The lowest BCUT2D eigenvalue weighted by atomic mass is 10.1. The van der Waals surface area contributed by atoms with E-state index in [0.717, 1.165) is 28.3 Å². The van der Waals surface area contributed by atoms with Gasteiger partial charge in [-0.1, -0.05) is 29.4 Å². The largest absolute Gasteiger partial charge is 0.493 e. The number of benzene rings is 2. The molecule has 1 N–H and O–H groups in total. The van der Waals surface area contributed by atoms with Gasteiger partial charge in [-0.25, -0.2) is 0 Å². The van der Waals surface area contributed by atoms with Crippen LogP contribution in [-0.4, -0.2) is 18.9 Å². The molecule has 0 spiro atoms. The number of nitrogens with zero attached hydrogens (tertiary/aromatic N) is 1. The molecule has 1 atom stereocenters. The third-order valence-electron chi connectivity index (χ3n) is 5.03. The maximum absolute atomic E-state index is 5.95. The minimum Gasteiger partial charge on any atom is -0.493 e. The first-order valence-electron chi connectivity index (χ1n) is 9.32. The molecule has 2 aromatic carbocycles. The first kappa shape index (κ1) is 18.4. The lowest BCUT2D eigenvalue weighted by molar-refractivity contribution is 0.281. The summed E-state index contributed by atoms with van der Waals surface area (Å²) in [4.78, 5) is 0. The molecule has 1 aromatic heterocycles. The summed E-state index contributed by atoms with van der Waals surface area (Å²) in [6, 6.07) is 14.3. The predicted molar refractivity (Wildman–Crippen MR) is 105 cm³/mol. The smallest absolute Gasteiger partial charge is 0.161 e. The van der Waals surface area contributed by atoms with E-state index in [1.54, 1.807) is 7.11 Å². The van der Waals surface area contributed by atoms with Gasteiger partial charge >= 0.3 is 0 Å². The van der Waals surface area contributed by atoms with Crippen molar-refractivity contribution in [2.75, 3.05) is 13.7 Å². The van der Waals surface area contributed by atoms with Crippen LogP contribution < -0.4 is 19.5 Å². The van der Waals surface area contributed by atoms with E-state index < -0.39 is 0 Å². The van der Waals surface area contributed by atoms with E-state index in [0.29, 0.717) is 31.3 Å². The molecule has 6 nitrogen and oxygen atoms in total. The van der Waals surface area contributed by atoms with Gasteiger partial charge in [-0.05, 0) is 37.6 Å². The molecule has 28 heavy (non-hydrogen) atoms. The van der Waals surface area contributed by atoms with Gasteiger partial charge in [0.15, 0.2) is 11.5 Å². The number of para-hydroxylation sites is 1. The normalized spacial score (nSPS) is 15.2. The molecule has 0 fully saturated rings. The highest BCUT2D eigenvalue weighted by molar-refractivity contribution is 5.43. The third kappa shape index (κ3) is 3.68. The van der Waals surface area contributed by atoms with Crippen LogP contribution in [0.3, 0.4) is 0 Å². The number of fused-ring (bicyclic) bond motifs is 1. The Balaban J connectivity index is 1.41. The summed E-state index contributed by atoms with van der Waals surface area (Å²) >= 11 is 0. The lowest BCUT2D eigenvalue weighted by Gasteiger charge is -2.14. The summed E-state index contributed by atoms with van der Waals surface area (Å²) in [5.74, 6) is 3.13. The van der Waals surface area contributed by atoms with E-state index in [9.17, 15) is 0 Å². The lowest BCUT2D eigenvalue weighted by Crippen LogP contribution is -2.22. The minimum atomic E-state index is 0.192. The van der Waals surface area contributed by atoms with Gasteiger partial charge in [-0.2, -0.15) is 0 Å². The van der Waals surface area contributed by atoms with Gasteiger partial charge in [0.2, 0.25) is 0 Å². The summed E-state index contributed by atoms with van der Waals surface area (Å²) in [5, 5.41) is 7.51. The summed E-state index contributed by atoms with van der Waals surface area (Å²) in [6.45, 7) is 5.55. The van der Waals surface area contributed by atoms with Gasteiger partial charge in [0.05, 0.1) is 24.4 Å². The standard InChI is InChI=1S/C22H24N2O4/c1-14-18(15(2)28-24-14)12-26-21-9-8-16(10-22(21)25-3)11-23-19-13-27-20-7-5-4-6-17(19)20/h4-10,19,23H,11-13H2,1-3H3. The fourth-order valence-electron chi connectivity index (χ4n) is 3.37. The Morgan fingerprint density at radius 1 is 1.14 bits per heavy atom. The molecule has 0 amide bonds. The van der Waals surface area contributed by atoms with Gasteiger partial charge in [-0.3, -0.25) is 0 Å². The van der Waals surface area contributed by atoms with Gasteiger partial charge in [0.1, 0.15) is 24.7 Å². The molecule has 146 valence electrons. The monoisotopic (exact) mass is 380 g/mol. The summed E-state index contributed by atoms with van der Waals surface area (Å²) < 4.78 is 22.4. The second-order valence-corrected chi connectivity index (χ2v) is 6.86. The Kier molecular flexibility index (Phi) is 5.21. The molecule has 0 radical (unpaired) electrons. The topological polar surface area (TPSA) is 65.8 Å². The highest BCUT2D eigenvalue weighted by atomic mass is 16.5. The molecule has 3 aromatic rings. The zero-order valence-electron chi connectivity index (χ0n) is 16.3. The number of aryl methyl sites for hydroxylation is 2. The molecule has 6 heteroatoms. The van der Waals surface area contributed by atoms with E-state index in [2.05, 4.69) is 16.5 Å². The Morgan fingerprint density at radius 2 is 2.00 bits per heavy atom. The molecule has 1 aliphatic heterocycles. The zero-order chi connectivity index (χ0) is 19.5. The minimum absolute atomic E-state index is 0.192. The fraction of sp³-hybridized carbons (Fsp3) is 0.318. The van der Waals surface area contributed by atoms with E-state index in [4.69, 9.17) is 18.7 Å². The van der Waals surface area contributed by atoms with E-state index in [-0.39, 0.29) is 6.04 Å². The van der Waals surface area contributed by atoms with Gasteiger partial charge in [-0.15, -0.1) is 0 Å². The molecule has 4 rings (SSSR count). The summed E-state index contributed by atoms with van der Waals surface area (Å²) in [5.41, 5.74) is 4.13. The van der Waals surface area contributed by atoms with E-state index in [1.807, 2.05) is 50.2 Å². The van der Waals surface area contributed by atoms with Gasteiger partial charge in [0, 0.05) is 12.1 Å². The van der Waals surface area contributed by atoms with Crippen LogP contribution >= 0.6 is 0 Å². The van der Waals surface area contributed by atoms with Gasteiger partial charge < -0.3 is 24.1 Å². The quantitative estimate of drug-likeness (QED) is 0.666. The molecule has 1 unspecified atom stereocenters. The first-order chi connectivity index (χ1) is 13.7. The van der Waals surface area contributed by atoms with Crippen LogP contribution in [-0.2, 0) is 13.2 Å². The maximum Gasteiger partial charge on any atom is 0.161 e. The Hall–Kier alpha value is -2.99. The van der Waals surface area contributed by atoms with Crippen LogP contribution in [0.1, 0.15) is 34.2 Å². The molecule has 2 heterocycles. The number of hydrogen-bond donors (Lipinski definition) is 1. The van der Waals surface area contributed by atoms with Crippen molar-refractivity contribution in [2.45, 2.75) is 33.0 Å². The van der Waals surface area contributed by atoms with Crippen LogP contribution in [0, 0.1) is 13.8 Å². The Morgan fingerprint density at radius 3 is 2.79 bits per heavy atom. The SMILES string of the molecule is COc1cc(CNC2COc3ccccc32)ccc1OCc1c(C)noc1C. The zero-order valence-corrected chi connectivity index (χ0v) is 16.3. The van der Waals surface area contributed by atoms with Crippen molar-refractivity contribution in [2.24, 2.45) is 0 Å². The Labute approximate surface area is 164 Å².